The molecule has 0 unspecified atom stereocenters. The first kappa shape index (κ1) is 19.6. The highest BCUT2D eigenvalue weighted by atomic mass is 15.3. The van der Waals surface area contributed by atoms with Crippen molar-refractivity contribution in [3.63, 3.8) is 0 Å². The fourth-order valence-corrected chi connectivity index (χ4v) is 3.08. The van der Waals surface area contributed by atoms with Gasteiger partial charge in [0.15, 0.2) is 0 Å². The van der Waals surface area contributed by atoms with Crippen LogP contribution in [0.15, 0.2) is 73.2 Å². The molecule has 2 aromatic heterocycles. The molecule has 2 N–H and O–H groups in total. The van der Waals surface area contributed by atoms with E-state index in [1.165, 1.54) is 5.56 Å². The first-order chi connectivity index (χ1) is 14.4. The van der Waals surface area contributed by atoms with E-state index < -0.39 is 0 Å². The second-order valence-electron chi connectivity index (χ2n) is 8.30. The van der Waals surface area contributed by atoms with Gasteiger partial charge in [-0.25, -0.2) is 9.67 Å². The van der Waals surface area contributed by atoms with Crippen molar-refractivity contribution >= 4 is 23.1 Å². The van der Waals surface area contributed by atoms with Crippen LogP contribution in [0.5, 0.6) is 0 Å². The zero-order valence-electron chi connectivity index (χ0n) is 17.7. The van der Waals surface area contributed by atoms with Crippen LogP contribution >= 0.6 is 0 Å². The van der Waals surface area contributed by atoms with Crippen LogP contribution in [0.2, 0.25) is 0 Å². The van der Waals surface area contributed by atoms with E-state index in [2.05, 4.69) is 70.7 Å². The summed E-state index contributed by atoms with van der Waals surface area (Å²) in [6, 6.07) is 18.3. The zero-order valence-corrected chi connectivity index (χ0v) is 17.7. The van der Waals surface area contributed by atoms with Crippen LogP contribution in [-0.4, -0.2) is 19.7 Å². The summed E-state index contributed by atoms with van der Waals surface area (Å²) in [7, 11) is 0. The van der Waals surface area contributed by atoms with Crippen LogP contribution in [0.4, 0.5) is 23.1 Å². The summed E-state index contributed by atoms with van der Waals surface area (Å²) in [5.41, 5.74) is 5.27. The fraction of sp³-hybridized carbons (Fsp3) is 0.208. The Hall–Kier alpha value is -3.67. The van der Waals surface area contributed by atoms with Crippen molar-refractivity contribution < 1.29 is 0 Å². The Morgan fingerprint density at radius 3 is 2.40 bits per heavy atom. The van der Waals surface area contributed by atoms with Gasteiger partial charge in [-0.05, 0) is 60.4 Å². The summed E-state index contributed by atoms with van der Waals surface area (Å²) in [5, 5.41) is 11.0. The zero-order chi connectivity index (χ0) is 21.1. The predicted molar refractivity (Wildman–Crippen MR) is 122 cm³/mol. The van der Waals surface area contributed by atoms with Gasteiger partial charge in [-0.3, -0.25) is 0 Å². The van der Waals surface area contributed by atoms with Crippen LogP contribution in [0.1, 0.15) is 31.9 Å². The van der Waals surface area contributed by atoms with E-state index in [4.69, 9.17) is 0 Å². The SMILES string of the molecule is Cc1cnc(Nc2ccc(-n3cccn3)cc2)nc1Nc1cccc(C(C)(C)C)c1. The van der Waals surface area contributed by atoms with Gasteiger partial charge in [-0.2, -0.15) is 10.1 Å². The Morgan fingerprint density at radius 2 is 1.70 bits per heavy atom. The first-order valence-electron chi connectivity index (χ1n) is 9.97. The monoisotopic (exact) mass is 398 g/mol. The molecule has 4 aromatic rings. The van der Waals surface area contributed by atoms with E-state index >= 15 is 0 Å². The molecule has 0 fully saturated rings. The molecule has 0 saturated carbocycles. The lowest BCUT2D eigenvalue weighted by Gasteiger charge is -2.20. The average molecular weight is 399 g/mol. The van der Waals surface area contributed by atoms with E-state index in [1.54, 1.807) is 6.20 Å². The maximum atomic E-state index is 4.68. The van der Waals surface area contributed by atoms with E-state index in [-0.39, 0.29) is 5.41 Å². The number of anilines is 4. The molecular formula is C24H26N6. The molecule has 6 heteroatoms. The lowest BCUT2D eigenvalue weighted by Crippen LogP contribution is -2.11. The number of aryl methyl sites for hydroxylation is 1. The largest absolute Gasteiger partial charge is 0.340 e. The maximum absolute atomic E-state index is 4.68. The molecular weight excluding hydrogens is 372 g/mol. The summed E-state index contributed by atoms with van der Waals surface area (Å²) >= 11 is 0. The van der Waals surface area contributed by atoms with Crippen molar-refractivity contribution in [2.75, 3.05) is 10.6 Å². The molecule has 0 bridgehead atoms. The minimum Gasteiger partial charge on any atom is -0.340 e. The van der Waals surface area contributed by atoms with Gasteiger partial charge < -0.3 is 10.6 Å². The van der Waals surface area contributed by atoms with Gasteiger partial charge in [0.05, 0.1) is 5.69 Å². The van der Waals surface area contributed by atoms with Crippen LogP contribution in [0.25, 0.3) is 5.69 Å². The predicted octanol–water partition coefficient (Wildman–Crippen LogP) is 5.76. The molecule has 0 aliphatic heterocycles. The molecule has 0 atom stereocenters. The van der Waals surface area contributed by atoms with Crippen LogP contribution in [0.3, 0.4) is 0 Å². The van der Waals surface area contributed by atoms with Crippen molar-refractivity contribution in [2.45, 2.75) is 33.1 Å². The van der Waals surface area contributed by atoms with Gasteiger partial charge in [-0.15, -0.1) is 0 Å². The highest BCUT2D eigenvalue weighted by Crippen LogP contribution is 2.27. The molecule has 6 nitrogen and oxygen atoms in total. The number of benzene rings is 2. The third kappa shape index (κ3) is 4.49. The molecule has 0 saturated heterocycles. The van der Waals surface area contributed by atoms with Gasteiger partial charge in [0.1, 0.15) is 5.82 Å². The van der Waals surface area contributed by atoms with Crippen LogP contribution in [0, 0.1) is 6.92 Å². The Morgan fingerprint density at radius 1 is 0.900 bits per heavy atom. The highest BCUT2D eigenvalue weighted by Gasteiger charge is 2.14. The second kappa shape index (κ2) is 7.99. The topological polar surface area (TPSA) is 67.7 Å². The number of hydrogen-bond donors (Lipinski definition) is 2. The third-order valence-corrected chi connectivity index (χ3v) is 4.86. The fourth-order valence-electron chi connectivity index (χ4n) is 3.08. The average Bonchev–Trinajstić information content (AvgIpc) is 3.26. The van der Waals surface area contributed by atoms with E-state index in [9.17, 15) is 0 Å². The summed E-state index contributed by atoms with van der Waals surface area (Å²) < 4.78 is 1.82. The number of nitrogens with zero attached hydrogens (tertiary/aromatic N) is 4. The highest BCUT2D eigenvalue weighted by molar-refractivity contribution is 5.63. The summed E-state index contributed by atoms with van der Waals surface area (Å²) in [6.45, 7) is 8.63. The Kier molecular flexibility index (Phi) is 5.23. The first-order valence-corrected chi connectivity index (χ1v) is 9.97. The van der Waals surface area contributed by atoms with Crippen LogP contribution < -0.4 is 10.6 Å². The number of hydrogen-bond acceptors (Lipinski definition) is 5. The minimum atomic E-state index is 0.0907. The third-order valence-electron chi connectivity index (χ3n) is 4.86. The second-order valence-corrected chi connectivity index (χ2v) is 8.30. The molecule has 4 rings (SSSR count). The summed E-state index contributed by atoms with van der Waals surface area (Å²) in [5.74, 6) is 1.33. The van der Waals surface area contributed by atoms with Crippen LogP contribution in [-0.2, 0) is 5.41 Å². The van der Waals surface area contributed by atoms with E-state index in [1.807, 2.05) is 54.3 Å². The van der Waals surface area contributed by atoms with Crippen molar-refractivity contribution in [3.8, 4) is 5.69 Å². The Bertz CT molecular complexity index is 1130. The van der Waals surface area contributed by atoms with E-state index in [0.29, 0.717) is 5.95 Å². The normalized spacial score (nSPS) is 11.3. The van der Waals surface area contributed by atoms with Crippen molar-refractivity contribution in [3.05, 3.63) is 84.3 Å². The smallest absolute Gasteiger partial charge is 0.229 e. The molecule has 0 radical (unpaired) electrons. The molecule has 0 aliphatic carbocycles. The van der Waals surface area contributed by atoms with Crippen molar-refractivity contribution in [1.29, 1.82) is 0 Å². The lowest BCUT2D eigenvalue weighted by molar-refractivity contribution is 0.590. The van der Waals surface area contributed by atoms with E-state index in [0.717, 1.165) is 28.4 Å². The molecule has 0 amide bonds. The molecule has 152 valence electrons. The quantitative estimate of drug-likeness (QED) is 0.448. The number of rotatable bonds is 5. The van der Waals surface area contributed by atoms with Crippen molar-refractivity contribution in [1.82, 2.24) is 19.7 Å². The molecule has 0 aliphatic rings. The number of nitrogens with one attached hydrogen (secondary N) is 2. The molecule has 2 heterocycles. The maximum Gasteiger partial charge on any atom is 0.229 e. The van der Waals surface area contributed by atoms with Gasteiger partial charge in [0.2, 0.25) is 5.95 Å². The molecule has 2 aromatic carbocycles. The minimum absolute atomic E-state index is 0.0907. The van der Waals surface area contributed by atoms with Gasteiger partial charge >= 0.3 is 0 Å². The standard InChI is InChI=1S/C24H26N6/c1-17-16-25-23(28-19-9-11-21(12-10-19)30-14-6-13-26-30)29-22(17)27-20-8-5-7-18(15-20)24(2,3)4/h5-16H,1-4H3,(H2,25,27,28,29). The summed E-state index contributed by atoms with van der Waals surface area (Å²) in [6.07, 6.45) is 5.50. The molecule has 0 spiro atoms. The van der Waals surface area contributed by atoms with Gasteiger partial charge in [0.25, 0.3) is 0 Å². The lowest BCUT2D eigenvalue weighted by atomic mass is 9.87. The number of aromatic nitrogens is 4. The van der Waals surface area contributed by atoms with Gasteiger partial charge in [-0.1, -0.05) is 32.9 Å². The Labute approximate surface area is 177 Å². The van der Waals surface area contributed by atoms with Gasteiger partial charge in [0, 0.05) is 35.5 Å². The molecule has 30 heavy (non-hydrogen) atoms. The Balaban J connectivity index is 1.52. The van der Waals surface area contributed by atoms with Crippen molar-refractivity contribution in [2.24, 2.45) is 0 Å². The summed E-state index contributed by atoms with van der Waals surface area (Å²) in [4.78, 5) is 9.10.